The Labute approximate surface area is 299 Å². The summed E-state index contributed by atoms with van der Waals surface area (Å²) in [5, 5.41) is 9.22. The number of alkyl halides is 3. The van der Waals surface area contributed by atoms with Gasteiger partial charge in [-0.3, -0.25) is 9.78 Å². The van der Waals surface area contributed by atoms with E-state index in [2.05, 4.69) is 43.3 Å². The van der Waals surface area contributed by atoms with E-state index in [1.807, 2.05) is 30.5 Å². The van der Waals surface area contributed by atoms with Crippen LogP contribution in [0.5, 0.6) is 0 Å². The molecule has 4 nitrogen and oxygen atoms in total. The first-order valence-corrected chi connectivity index (χ1v) is 19.2. The van der Waals surface area contributed by atoms with E-state index < -0.39 is 18.2 Å². The Balaban J connectivity index is 1.59. The van der Waals surface area contributed by atoms with Gasteiger partial charge in [0.15, 0.2) is 6.10 Å². The van der Waals surface area contributed by atoms with Crippen molar-refractivity contribution < 1.29 is 27.8 Å². The van der Waals surface area contributed by atoms with Crippen molar-refractivity contribution in [1.29, 1.82) is 0 Å². The highest BCUT2D eigenvalue weighted by molar-refractivity contribution is 5.83. The summed E-state index contributed by atoms with van der Waals surface area (Å²) in [6.45, 7) is 3.22. The number of nitrogens with zero attached hydrogens (tertiary/aromatic N) is 1. The zero-order chi connectivity index (χ0) is 36.0. The van der Waals surface area contributed by atoms with Crippen molar-refractivity contribution in [1.82, 2.24) is 4.98 Å². The van der Waals surface area contributed by atoms with Crippen molar-refractivity contribution in [2.24, 2.45) is 0 Å². The SMILES string of the molecule is CCCCCCCCCCCCCCCCc1ccc(-c2cc(C(CCCC(=O)O)CCOC(C)C(F)(F)F)ccc2-c2ccccc2)cn1. The topological polar surface area (TPSA) is 59.4 Å². The van der Waals surface area contributed by atoms with Gasteiger partial charge >= 0.3 is 12.1 Å². The van der Waals surface area contributed by atoms with Crippen LogP contribution in [-0.2, 0) is 16.0 Å². The number of aliphatic carboxylic acids is 1. The fourth-order valence-electron chi connectivity index (χ4n) is 6.62. The molecule has 0 bridgehead atoms. The van der Waals surface area contributed by atoms with Crippen LogP contribution in [0.3, 0.4) is 0 Å². The largest absolute Gasteiger partial charge is 0.481 e. The Bertz CT molecular complexity index is 1340. The molecule has 0 aliphatic heterocycles. The Morgan fingerprint density at radius 2 is 1.36 bits per heavy atom. The number of hydrogen-bond acceptors (Lipinski definition) is 3. The Morgan fingerprint density at radius 1 is 0.740 bits per heavy atom. The summed E-state index contributed by atoms with van der Waals surface area (Å²) < 4.78 is 44.4. The van der Waals surface area contributed by atoms with Crippen LogP contribution in [0.25, 0.3) is 22.3 Å². The van der Waals surface area contributed by atoms with Gasteiger partial charge in [0.1, 0.15) is 0 Å². The first-order chi connectivity index (χ1) is 24.2. The number of carbonyl (C=O) groups is 1. The van der Waals surface area contributed by atoms with Gasteiger partial charge < -0.3 is 9.84 Å². The zero-order valence-electron chi connectivity index (χ0n) is 30.5. The smallest absolute Gasteiger partial charge is 0.414 e. The van der Waals surface area contributed by atoms with Gasteiger partial charge in [0.25, 0.3) is 0 Å². The van der Waals surface area contributed by atoms with Gasteiger partial charge in [-0.05, 0) is 73.3 Å². The number of carboxylic acids is 1. The number of unbranched alkanes of at least 4 members (excludes halogenated alkanes) is 13. The Morgan fingerprint density at radius 3 is 1.92 bits per heavy atom. The minimum absolute atomic E-state index is 0.00988. The second-order valence-electron chi connectivity index (χ2n) is 13.9. The molecule has 2 atom stereocenters. The van der Waals surface area contributed by atoms with Gasteiger partial charge in [-0.1, -0.05) is 145 Å². The minimum Gasteiger partial charge on any atom is -0.481 e. The Hall–Kier alpha value is -3.19. The summed E-state index contributed by atoms with van der Waals surface area (Å²) in [6.07, 6.45) is 16.6. The molecule has 1 N–H and O–H groups in total. The van der Waals surface area contributed by atoms with Crippen molar-refractivity contribution in [3.05, 3.63) is 78.1 Å². The number of rotatable bonds is 26. The van der Waals surface area contributed by atoms with Crippen LogP contribution < -0.4 is 0 Å². The highest BCUT2D eigenvalue weighted by Crippen LogP contribution is 2.37. The number of ether oxygens (including phenoxy) is 1. The summed E-state index contributed by atoms with van der Waals surface area (Å²) in [4.78, 5) is 16.1. The molecule has 2 aromatic carbocycles. The molecule has 7 heteroatoms. The van der Waals surface area contributed by atoms with Gasteiger partial charge in [-0.15, -0.1) is 0 Å². The molecule has 0 aliphatic carbocycles. The molecule has 0 aliphatic rings. The number of benzene rings is 2. The highest BCUT2D eigenvalue weighted by atomic mass is 19.4. The molecule has 0 saturated heterocycles. The predicted molar refractivity (Wildman–Crippen MR) is 199 cm³/mol. The molecule has 0 saturated carbocycles. The average Bonchev–Trinajstić information content (AvgIpc) is 3.11. The van der Waals surface area contributed by atoms with Gasteiger partial charge in [0.05, 0.1) is 0 Å². The van der Waals surface area contributed by atoms with Crippen LogP contribution in [0.2, 0.25) is 0 Å². The Kier molecular flexibility index (Phi) is 19.2. The lowest BCUT2D eigenvalue weighted by Crippen LogP contribution is -2.29. The summed E-state index contributed by atoms with van der Waals surface area (Å²) in [5.41, 5.74) is 6.11. The van der Waals surface area contributed by atoms with E-state index in [0.717, 1.165) is 53.3 Å². The van der Waals surface area contributed by atoms with Crippen molar-refractivity contribution >= 4 is 5.97 Å². The number of aromatic nitrogens is 1. The normalized spacial score (nSPS) is 13.0. The summed E-state index contributed by atoms with van der Waals surface area (Å²) >= 11 is 0. The first-order valence-electron chi connectivity index (χ1n) is 19.2. The summed E-state index contributed by atoms with van der Waals surface area (Å²) in [6, 6.07) is 20.5. The monoisotopic (exact) mass is 695 g/mol. The van der Waals surface area contributed by atoms with Crippen molar-refractivity contribution in [3.63, 3.8) is 0 Å². The van der Waals surface area contributed by atoms with Crippen molar-refractivity contribution in [2.75, 3.05) is 6.61 Å². The highest BCUT2D eigenvalue weighted by Gasteiger charge is 2.36. The molecule has 0 fully saturated rings. The third-order valence-corrected chi connectivity index (χ3v) is 9.76. The maximum atomic E-state index is 13.1. The van der Waals surface area contributed by atoms with E-state index in [1.54, 1.807) is 0 Å². The van der Waals surface area contributed by atoms with Gasteiger partial charge in [0, 0.05) is 30.5 Å². The minimum atomic E-state index is -4.42. The zero-order valence-corrected chi connectivity index (χ0v) is 30.5. The van der Waals surface area contributed by atoms with Crippen LogP contribution in [0.15, 0.2) is 66.9 Å². The molecule has 1 aromatic heterocycles. The van der Waals surface area contributed by atoms with E-state index in [9.17, 15) is 23.1 Å². The predicted octanol–water partition coefficient (Wildman–Crippen LogP) is 13.1. The lowest BCUT2D eigenvalue weighted by atomic mass is 9.86. The van der Waals surface area contributed by atoms with Crippen molar-refractivity contribution in [3.8, 4) is 22.3 Å². The lowest BCUT2D eigenvalue weighted by Gasteiger charge is -2.22. The third kappa shape index (κ3) is 15.8. The second-order valence-corrected chi connectivity index (χ2v) is 13.9. The van der Waals surface area contributed by atoms with Crippen molar-refractivity contribution in [2.45, 2.75) is 154 Å². The molecule has 3 rings (SSSR count). The molecule has 1 heterocycles. The summed E-state index contributed by atoms with van der Waals surface area (Å²) in [7, 11) is 0. The van der Waals surface area contributed by atoms with Crippen LogP contribution in [0.1, 0.15) is 147 Å². The molecule has 2 unspecified atom stereocenters. The molecule has 0 amide bonds. The molecule has 0 spiro atoms. The van der Waals surface area contributed by atoms with E-state index in [-0.39, 0.29) is 18.9 Å². The molecule has 276 valence electrons. The molecule has 50 heavy (non-hydrogen) atoms. The van der Waals surface area contributed by atoms with E-state index in [0.29, 0.717) is 19.3 Å². The number of hydrogen-bond donors (Lipinski definition) is 1. The standard InChI is InChI=1S/C43H60F3NO3/c1-3-4-5-6-7-8-9-10-11-12-13-14-15-19-24-39-28-26-38(33-47-39)41-32-37(27-29-40(41)36-21-17-16-18-22-36)35(23-20-25-42(48)49)30-31-50-34(2)43(44,45)46/h16-18,21-22,26-29,32-35H,3-15,19-20,23-25,30-31H2,1-2H3,(H,48,49). The summed E-state index contributed by atoms with van der Waals surface area (Å²) in [5.74, 6) is -1.03. The molecular weight excluding hydrogens is 635 g/mol. The van der Waals surface area contributed by atoms with Crippen LogP contribution in [-0.4, -0.2) is 34.9 Å². The van der Waals surface area contributed by atoms with E-state index >= 15 is 0 Å². The number of pyridine rings is 1. The van der Waals surface area contributed by atoms with Crippen LogP contribution >= 0.6 is 0 Å². The quantitative estimate of drug-likeness (QED) is 0.0849. The number of carboxylic acid groups (broad SMARTS) is 1. The second kappa shape index (κ2) is 23.3. The van der Waals surface area contributed by atoms with Crippen LogP contribution in [0.4, 0.5) is 13.2 Å². The van der Waals surface area contributed by atoms with Crippen LogP contribution in [0, 0.1) is 0 Å². The fraction of sp³-hybridized carbons (Fsp3) is 0.581. The fourth-order valence-corrected chi connectivity index (χ4v) is 6.62. The first kappa shape index (κ1) is 41.2. The van der Waals surface area contributed by atoms with Gasteiger partial charge in [-0.2, -0.15) is 13.2 Å². The average molecular weight is 696 g/mol. The van der Waals surface area contributed by atoms with Gasteiger partial charge in [-0.25, -0.2) is 0 Å². The maximum Gasteiger partial charge on any atom is 0.414 e. The molecule has 3 aromatic rings. The van der Waals surface area contributed by atoms with Gasteiger partial charge in [0.2, 0.25) is 0 Å². The molecule has 0 radical (unpaired) electrons. The maximum absolute atomic E-state index is 13.1. The van der Waals surface area contributed by atoms with E-state index in [4.69, 9.17) is 9.72 Å². The van der Waals surface area contributed by atoms with E-state index in [1.165, 1.54) is 83.5 Å². The number of aryl methyl sites for hydroxylation is 1. The third-order valence-electron chi connectivity index (χ3n) is 9.76. The lowest BCUT2D eigenvalue weighted by molar-refractivity contribution is -0.214. The molecular formula is C43H60F3NO3. The number of halogens is 3.